The number of halogens is 1. The fraction of sp³-hybridized carbons (Fsp3) is 0.750. The molecule has 0 aliphatic rings. The van der Waals surface area contributed by atoms with Crippen molar-refractivity contribution in [3.05, 3.63) is 0 Å². The summed E-state index contributed by atoms with van der Waals surface area (Å²) in [5, 5.41) is 11.1. The maximum atomic E-state index is 10.8. The maximum Gasteiger partial charge on any atom is 0.326 e. The highest BCUT2D eigenvalue weighted by molar-refractivity contribution is 6.27. The van der Waals surface area contributed by atoms with Gasteiger partial charge in [-0.25, -0.2) is 4.79 Å². The molecule has 13 heavy (non-hydrogen) atoms. The normalized spacial score (nSPS) is 14.7. The van der Waals surface area contributed by atoms with Gasteiger partial charge in [-0.3, -0.25) is 4.79 Å². The van der Waals surface area contributed by atoms with Crippen molar-refractivity contribution in [3.8, 4) is 0 Å². The molecule has 0 aliphatic heterocycles. The molecule has 4 nitrogen and oxygen atoms in total. The third kappa shape index (κ3) is 4.12. The summed E-state index contributed by atoms with van der Waals surface area (Å²) in [6.07, 6.45) is 0.694. The molecular formula is C8H14ClNO3. The fourth-order valence-electron chi connectivity index (χ4n) is 0.895. The van der Waals surface area contributed by atoms with Crippen LogP contribution < -0.4 is 5.32 Å². The topological polar surface area (TPSA) is 66.4 Å². The van der Waals surface area contributed by atoms with E-state index in [2.05, 4.69) is 5.32 Å². The van der Waals surface area contributed by atoms with Crippen LogP contribution in [0.3, 0.4) is 0 Å². The molecule has 2 unspecified atom stereocenters. The summed E-state index contributed by atoms with van der Waals surface area (Å²) < 4.78 is 0. The maximum absolute atomic E-state index is 10.8. The Labute approximate surface area is 82.3 Å². The fourth-order valence-corrected chi connectivity index (χ4v) is 0.972. The first kappa shape index (κ1) is 12.2. The molecule has 0 spiro atoms. The highest BCUT2D eigenvalue weighted by atomic mass is 35.5. The lowest BCUT2D eigenvalue weighted by molar-refractivity contribution is -0.143. The number of rotatable bonds is 5. The van der Waals surface area contributed by atoms with Crippen LogP contribution in [0.4, 0.5) is 0 Å². The summed E-state index contributed by atoms with van der Waals surface area (Å²) in [5.74, 6) is -1.77. The van der Waals surface area contributed by atoms with E-state index in [0.29, 0.717) is 6.42 Å². The van der Waals surface area contributed by atoms with Gasteiger partial charge >= 0.3 is 5.97 Å². The molecule has 0 heterocycles. The second kappa shape index (κ2) is 5.80. The molecule has 0 aromatic heterocycles. The van der Waals surface area contributed by atoms with Gasteiger partial charge in [0.1, 0.15) is 11.9 Å². The molecule has 2 atom stereocenters. The van der Waals surface area contributed by atoms with Crippen molar-refractivity contribution in [1.82, 2.24) is 5.32 Å². The molecule has 0 saturated carbocycles. The van der Waals surface area contributed by atoms with Crippen molar-refractivity contribution in [3.63, 3.8) is 0 Å². The van der Waals surface area contributed by atoms with E-state index < -0.39 is 17.9 Å². The van der Waals surface area contributed by atoms with E-state index in [1.165, 1.54) is 0 Å². The Morgan fingerprint density at radius 2 is 2.08 bits per heavy atom. The van der Waals surface area contributed by atoms with Gasteiger partial charge in [-0.15, -0.1) is 11.6 Å². The van der Waals surface area contributed by atoms with Crippen LogP contribution in [0.5, 0.6) is 0 Å². The second-order valence-electron chi connectivity index (χ2n) is 2.90. The van der Waals surface area contributed by atoms with Crippen LogP contribution in [0.15, 0.2) is 0 Å². The van der Waals surface area contributed by atoms with Gasteiger partial charge in [0.15, 0.2) is 0 Å². The van der Waals surface area contributed by atoms with E-state index in [1.54, 1.807) is 6.92 Å². The minimum absolute atomic E-state index is 0.0929. The summed E-state index contributed by atoms with van der Waals surface area (Å²) >= 11 is 5.24. The number of amides is 1. The van der Waals surface area contributed by atoms with Gasteiger partial charge in [0.25, 0.3) is 0 Å². The van der Waals surface area contributed by atoms with Crippen molar-refractivity contribution >= 4 is 23.5 Å². The number of carbonyl (C=O) groups is 2. The summed E-state index contributed by atoms with van der Waals surface area (Å²) in [6, 6.07) is -0.837. The SMILES string of the molecule is CCC(C)C(NC(=O)CCl)C(=O)O. The molecule has 2 N–H and O–H groups in total. The number of carboxylic acids is 1. The zero-order valence-electron chi connectivity index (χ0n) is 7.71. The number of alkyl halides is 1. The Balaban J connectivity index is 4.26. The van der Waals surface area contributed by atoms with Gasteiger partial charge in [-0.05, 0) is 5.92 Å². The number of hydrogen-bond acceptors (Lipinski definition) is 2. The molecule has 0 bridgehead atoms. The average Bonchev–Trinajstić information content (AvgIpc) is 2.11. The van der Waals surface area contributed by atoms with Crippen molar-refractivity contribution < 1.29 is 14.7 Å². The number of carboxylic acid groups (broad SMARTS) is 1. The Bertz CT molecular complexity index is 196. The third-order valence-electron chi connectivity index (χ3n) is 1.92. The minimum atomic E-state index is -1.02. The Morgan fingerprint density at radius 1 is 1.54 bits per heavy atom. The Hall–Kier alpha value is -0.770. The number of aliphatic carboxylic acids is 1. The van der Waals surface area contributed by atoms with Gasteiger partial charge in [0, 0.05) is 0 Å². The van der Waals surface area contributed by atoms with Crippen molar-refractivity contribution in [1.29, 1.82) is 0 Å². The molecule has 0 saturated heterocycles. The van der Waals surface area contributed by atoms with E-state index in [-0.39, 0.29) is 11.8 Å². The standard InChI is InChI=1S/C8H14ClNO3/c1-3-5(2)7(8(12)13)10-6(11)4-9/h5,7H,3-4H2,1-2H3,(H,10,11)(H,12,13). The predicted octanol–water partition coefficient (Wildman–Crippen LogP) is 0.841. The van der Waals surface area contributed by atoms with E-state index in [9.17, 15) is 9.59 Å². The van der Waals surface area contributed by atoms with Crippen LogP contribution in [0.25, 0.3) is 0 Å². The molecule has 0 aromatic rings. The summed E-state index contributed by atoms with van der Waals surface area (Å²) in [7, 11) is 0. The minimum Gasteiger partial charge on any atom is -0.480 e. The molecular weight excluding hydrogens is 194 g/mol. The lowest BCUT2D eigenvalue weighted by Crippen LogP contribution is -2.45. The molecule has 76 valence electrons. The first-order valence-electron chi connectivity index (χ1n) is 4.11. The van der Waals surface area contributed by atoms with Gasteiger partial charge in [-0.1, -0.05) is 20.3 Å². The predicted molar refractivity (Wildman–Crippen MR) is 49.7 cm³/mol. The number of hydrogen-bond donors (Lipinski definition) is 2. The summed E-state index contributed by atoms with van der Waals surface area (Å²) in [4.78, 5) is 21.5. The first-order valence-corrected chi connectivity index (χ1v) is 4.64. The first-order chi connectivity index (χ1) is 6.02. The van der Waals surface area contributed by atoms with E-state index in [0.717, 1.165) is 0 Å². The highest BCUT2D eigenvalue weighted by Crippen LogP contribution is 2.07. The highest BCUT2D eigenvalue weighted by Gasteiger charge is 2.24. The number of nitrogens with one attached hydrogen (secondary N) is 1. The van der Waals surface area contributed by atoms with E-state index in [4.69, 9.17) is 16.7 Å². The summed E-state index contributed by atoms with van der Waals surface area (Å²) in [6.45, 7) is 3.64. The van der Waals surface area contributed by atoms with Crippen LogP contribution in [-0.4, -0.2) is 28.9 Å². The van der Waals surface area contributed by atoms with Gasteiger partial charge in [-0.2, -0.15) is 0 Å². The number of carbonyl (C=O) groups excluding carboxylic acids is 1. The Kier molecular flexibility index (Phi) is 5.46. The Morgan fingerprint density at radius 3 is 2.38 bits per heavy atom. The van der Waals surface area contributed by atoms with Crippen molar-refractivity contribution in [2.45, 2.75) is 26.3 Å². The van der Waals surface area contributed by atoms with Crippen LogP contribution in [0.1, 0.15) is 20.3 Å². The van der Waals surface area contributed by atoms with Gasteiger partial charge < -0.3 is 10.4 Å². The van der Waals surface area contributed by atoms with Gasteiger partial charge in [0.2, 0.25) is 5.91 Å². The molecule has 0 radical (unpaired) electrons. The van der Waals surface area contributed by atoms with Gasteiger partial charge in [0.05, 0.1) is 0 Å². The molecule has 0 aliphatic carbocycles. The zero-order valence-corrected chi connectivity index (χ0v) is 8.47. The molecule has 0 aromatic carbocycles. The van der Waals surface area contributed by atoms with Crippen molar-refractivity contribution in [2.75, 3.05) is 5.88 Å². The van der Waals surface area contributed by atoms with E-state index >= 15 is 0 Å². The zero-order chi connectivity index (χ0) is 10.4. The second-order valence-corrected chi connectivity index (χ2v) is 3.17. The molecule has 5 heteroatoms. The molecule has 0 fully saturated rings. The average molecular weight is 208 g/mol. The lowest BCUT2D eigenvalue weighted by Gasteiger charge is -2.19. The monoisotopic (exact) mass is 207 g/mol. The van der Waals surface area contributed by atoms with Crippen LogP contribution in [0.2, 0.25) is 0 Å². The largest absolute Gasteiger partial charge is 0.480 e. The lowest BCUT2D eigenvalue weighted by atomic mass is 9.99. The van der Waals surface area contributed by atoms with Crippen LogP contribution in [-0.2, 0) is 9.59 Å². The smallest absolute Gasteiger partial charge is 0.326 e. The summed E-state index contributed by atoms with van der Waals surface area (Å²) in [5.41, 5.74) is 0. The molecule has 1 amide bonds. The third-order valence-corrected chi connectivity index (χ3v) is 2.16. The van der Waals surface area contributed by atoms with Crippen LogP contribution in [0, 0.1) is 5.92 Å². The van der Waals surface area contributed by atoms with Crippen molar-refractivity contribution in [2.24, 2.45) is 5.92 Å². The van der Waals surface area contributed by atoms with E-state index in [1.807, 2.05) is 6.92 Å². The molecule has 0 rings (SSSR count). The van der Waals surface area contributed by atoms with Crippen LogP contribution >= 0.6 is 11.6 Å². The quantitative estimate of drug-likeness (QED) is 0.657.